The molecule has 1 heterocycles. The highest BCUT2D eigenvalue weighted by Gasteiger charge is 2.16. The first-order valence-corrected chi connectivity index (χ1v) is 10.1. The van der Waals surface area contributed by atoms with E-state index in [9.17, 15) is 4.79 Å². The Morgan fingerprint density at radius 1 is 1.07 bits per heavy atom. The average Bonchev–Trinajstić information content (AvgIpc) is 3.14. The lowest BCUT2D eigenvalue weighted by molar-refractivity contribution is -0.139. The van der Waals surface area contributed by atoms with Gasteiger partial charge in [-0.05, 0) is 43.2 Å². The molecule has 146 valence electrons. The molecule has 0 spiro atoms. The van der Waals surface area contributed by atoms with Crippen molar-refractivity contribution in [1.29, 1.82) is 0 Å². The van der Waals surface area contributed by atoms with E-state index in [2.05, 4.69) is 26.9 Å². The summed E-state index contributed by atoms with van der Waals surface area (Å²) in [5.74, 6) is 1.51. The normalized spacial score (nSPS) is 10.6. The summed E-state index contributed by atoms with van der Waals surface area (Å²) in [4.78, 5) is 11.7. The highest BCUT2D eigenvalue weighted by Crippen LogP contribution is 2.26. The van der Waals surface area contributed by atoms with Gasteiger partial charge in [-0.3, -0.25) is 4.79 Å². The summed E-state index contributed by atoms with van der Waals surface area (Å²) in [7, 11) is 1.64. The molecule has 3 rings (SSSR count). The number of carbonyl (C=O) groups excluding carboxylic acids is 1. The first-order valence-electron chi connectivity index (χ1n) is 9.11. The minimum atomic E-state index is -0.254. The van der Waals surface area contributed by atoms with Gasteiger partial charge in [0.15, 0.2) is 11.0 Å². The molecular formula is C21H23N3O3S. The van der Waals surface area contributed by atoms with Crippen molar-refractivity contribution in [3.8, 4) is 17.1 Å². The molecule has 6 nitrogen and oxygen atoms in total. The van der Waals surface area contributed by atoms with Gasteiger partial charge in [0.1, 0.15) is 5.75 Å². The number of aromatic nitrogens is 3. The topological polar surface area (TPSA) is 66.2 Å². The van der Waals surface area contributed by atoms with Crippen molar-refractivity contribution in [2.24, 2.45) is 0 Å². The van der Waals surface area contributed by atoms with E-state index in [1.807, 2.05) is 42.5 Å². The fourth-order valence-corrected chi connectivity index (χ4v) is 3.52. The van der Waals surface area contributed by atoms with Gasteiger partial charge >= 0.3 is 5.97 Å². The Morgan fingerprint density at radius 2 is 1.82 bits per heavy atom. The van der Waals surface area contributed by atoms with Gasteiger partial charge in [-0.2, -0.15) is 0 Å². The Bertz CT molecular complexity index is 895. The molecule has 0 aliphatic carbocycles. The Balaban J connectivity index is 1.84. The van der Waals surface area contributed by atoms with Gasteiger partial charge in [-0.1, -0.05) is 42.1 Å². The van der Waals surface area contributed by atoms with Crippen LogP contribution in [0.2, 0.25) is 0 Å². The van der Waals surface area contributed by atoms with Crippen LogP contribution in [0.15, 0.2) is 59.8 Å². The van der Waals surface area contributed by atoms with Crippen molar-refractivity contribution in [3.05, 3.63) is 60.2 Å². The maximum atomic E-state index is 11.7. The van der Waals surface area contributed by atoms with Gasteiger partial charge in [0, 0.05) is 12.1 Å². The summed E-state index contributed by atoms with van der Waals surface area (Å²) in [6.45, 7) is 2.88. The number of aryl methyl sites for hydroxylation is 1. The van der Waals surface area contributed by atoms with Gasteiger partial charge in [0.05, 0.1) is 19.5 Å². The predicted molar refractivity (Wildman–Crippen MR) is 110 cm³/mol. The van der Waals surface area contributed by atoms with E-state index in [0.29, 0.717) is 18.3 Å². The molecule has 0 unspecified atom stereocenters. The maximum Gasteiger partial charge on any atom is 0.316 e. The third-order valence-corrected chi connectivity index (χ3v) is 5.10. The molecule has 0 amide bonds. The fourth-order valence-electron chi connectivity index (χ4n) is 2.76. The van der Waals surface area contributed by atoms with Crippen molar-refractivity contribution in [1.82, 2.24) is 14.8 Å². The van der Waals surface area contributed by atoms with E-state index in [1.165, 1.54) is 17.3 Å². The molecule has 0 bridgehead atoms. The number of esters is 1. The molecule has 0 N–H and O–H groups in total. The van der Waals surface area contributed by atoms with Crippen molar-refractivity contribution < 1.29 is 14.3 Å². The van der Waals surface area contributed by atoms with Crippen LogP contribution in [-0.4, -0.2) is 40.2 Å². The van der Waals surface area contributed by atoms with Gasteiger partial charge in [0.25, 0.3) is 0 Å². The lowest BCUT2D eigenvalue weighted by Crippen LogP contribution is -2.09. The summed E-state index contributed by atoms with van der Waals surface area (Å²) in [6.07, 6.45) is 0.842. The zero-order chi connectivity index (χ0) is 19.8. The van der Waals surface area contributed by atoms with E-state index in [4.69, 9.17) is 9.47 Å². The SMILES string of the molecule is CCOC(=O)CSc1nnc(-c2ccc(OC)cc2)n1CCc1ccccc1. The number of carbonyl (C=O) groups is 1. The Kier molecular flexibility index (Phi) is 7.08. The summed E-state index contributed by atoms with van der Waals surface area (Å²) in [5, 5.41) is 9.40. The summed E-state index contributed by atoms with van der Waals surface area (Å²) in [5.41, 5.74) is 2.18. The zero-order valence-corrected chi connectivity index (χ0v) is 16.8. The van der Waals surface area contributed by atoms with Crippen LogP contribution in [0.4, 0.5) is 0 Å². The van der Waals surface area contributed by atoms with E-state index in [0.717, 1.165) is 23.6 Å². The first-order chi connectivity index (χ1) is 13.7. The molecule has 28 heavy (non-hydrogen) atoms. The molecule has 0 saturated carbocycles. The molecule has 0 aliphatic heterocycles. The Hall–Kier alpha value is -2.80. The molecule has 1 aromatic heterocycles. The number of hydrogen-bond donors (Lipinski definition) is 0. The smallest absolute Gasteiger partial charge is 0.316 e. The van der Waals surface area contributed by atoms with Gasteiger partial charge in [-0.25, -0.2) is 0 Å². The highest BCUT2D eigenvalue weighted by atomic mass is 32.2. The molecule has 0 radical (unpaired) electrons. The van der Waals surface area contributed by atoms with E-state index in [1.54, 1.807) is 14.0 Å². The van der Waals surface area contributed by atoms with E-state index in [-0.39, 0.29) is 11.7 Å². The molecule has 3 aromatic rings. The average molecular weight is 398 g/mol. The molecule has 0 aliphatic rings. The standard InChI is InChI=1S/C21H23N3O3S/c1-3-27-19(25)15-28-21-23-22-20(17-9-11-18(26-2)12-10-17)24(21)14-13-16-7-5-4-6-8-16/h4-12H,3,13-15H2,1-2H3. The molecule has 0 fully saturated rings. The number of ether oxygens (including phenoxy) is 2. The fraction of sp³-hybridized carbons (Fsp3) is 0.286. The lowest BCUT2D eigenvalue weighted by atomic mass is 10.1. The van der Waals surface area contributed by atoms with Crippen LogP contribution < -0.4 is 4.74 Å². The van der Waals surface area contributed by atoms with Gasteiger partial charge in [0.2, 0.25) is 0 Å². The van der Waals surface area contributed by atoms with Crippen molar-refractivity contribution >= 4 is 17.7 Å². The molecule has 0 atom stereocenters. The second-order valence-electron chi connectivity index (χ2n) is 6.02. The molecular weight excluding hydrogens is 374 g/mol. The van der Waals surface area contributed by atoms with Gasteiger partial charge < -0.3 is 14.0 Å². The Labute approximate surface area is 168 Å². The second kappa shape index (κ2) is 9.94. The number of benzene rings is 2. The van der Waals surface area contributed by atoms with Crippen LogP contribution in [-0.2, 0) is 22.5 Å². The molecule has 7 heteroatoms. The minimum absolute atomic E-state index is 0.208. The molecule has 2 aromatic carbocycles. The highest BCUT2D eigenvalue weighted by molar-refractivity contribution is 7.99. The Morgan fingerprint density at radius 3 is 2.50 bits per heavy atom. The largest absolute Gasteiger partial charge is 0.497 e. The number of nitrogens with zero attached hydrogens (tertiary/aromatic N) is 3. The molecule has 0 saturated heterocycles. The second-order valence-corrected chi connectivity index (χ2v) is 6.96. The van der Waals surface area contributed by atoms with Crippen LogP contribution in [0, 0.1) is 0 Å². The number of rotatable bonds is 9. The third-order valence-electron chi connectivity index (χ3n) is 4.16. The summed E-state index contributed by atoms with van der Waals surface area (Å²) in [6, 6.07) is 18.0. The van der Waals surface area contributed by atoms with Gasteiger partial charge in [-0.15, -0.1) is 10.2 Å². The van der Waals surface area contributed by atoms with E-state index < -0.39 is 0 Å². The lowest BCUT2D eigenvalue weighted by Gasteiger charge is -2.11. The van der Waals surface area contributed by atoms with Crippen LogP contribution in [0.5, 0.6) is 5.75 Å². The minimum Gasteiger partial charge on any atom is -0.497 e. The van der Waals surface area contributed by atoms with E-state index >= 15 is 0 Å². The van der Waals surface area contributed by atoms with Crippen molar-refractivity contribution in [2.45, 2.75) is 25.0 Å². The monoisotopic (exact) mass is 397 g/mol. The number of methoxy groups -OCH3 is 1. The van der Waals surface area contributed by atoms with Crippen molar-refractivity contribution in [2.75, 3.05) is 19.5 Å². The summed E-state index contributed by atoms with van der Waals surface area (Å²) >= 11 is 1.34. The van der Waals surface area contributed by atoms with Crippen LogP contribution in [0.3, 0.4) is 0 Å². The summed E-state index contributed by atoms with van der Waals surface area (Å²) < 4.78 is 12.3. The predicted octanol–water partition coefficient (Wildman–Crippen LogP) is 3.85. The maximum absolute atomic E-state index is 11.7. The van der Waals surface area contributed by atoms with Crippen LogP contribution in [0.25, 0.3) is 11.4 Å². The number of hydrogen-bond acceptors (Lipinski definition) is 6. The van der Waals surface area contributed by atoms with Crippen LogP contribution >= 0.6 is 11.8 Å². The quantitative estimate of drug-likeness (QED) is 0.404. The third kappa shape index (κ3) is 5.13. The zero-order valence-electron chi connectivity index (χ0n) is 16.0. The first kappa shape index (κ1) is 19.9. The number of thioether (sulfide) groups is 1. The van der Waals surface area contributed by atoms with Crippen molar-refractivity contribution in [3.63, 3.8) is 0 Å². The van der Waals surface area contributed by atoms with Crippen LogP contribution in [0.1, 0.15) is 12.5 Å².